The van der Waals surface area contributed by atoms with Crippen molar-refractivity contribution in [2.24, 2.45) is 0 Å². The largest absolute Gasteiger partial charge is 0.497 e. The molecule has 0 aliphatic carbocycles. The highest BCUT2D eigenvalue weighted by Gasteiger charge is 2.18. The molecule has 2 aromatic carbocycles. The number of aryl methyl sites for hydroxylation is 2. The molecule has 0 atom stereocenters. The van der Waals surface area contributed by atoms with E-state index < -0.39 is 0 Å². The Hall–Kier alpha value is -3.42. The summed E-state index contributed by atoms with van der Waals surface area (Å²) in [5.41, 5.74) is 4.75. The van der Waals surface area contributed by atoms with Crippen molar-refractivity contribution in [3.8, 4) is 17.0 Å². The van der Waals surface area contributed by atoms with Crippen molar-refractivity contribution in [3.05, 3.63) is 88.7 Å². The number of carbonyl (C=O) groups is 1. The molecule has 0 spiro atoms. The Balaban J connectivity index is 1.37. The highest BCUT2D eigenvalue weighted by Crippen LogP contribution is 2.29. The molecular weight excluding hydrogens is 438 g/mol. The van der Waals surface area contributed by atoms with Gasteiger partial charge in [0, 0.05) is 17.5 Å². The molecule has 0 aliphatic rings. The van der Waals surface area contributed by atoms with E-state index >= 15 is 0 Å². The van der Waals surface area contributed by atoms with E-state index in [1.54, 1.807) is 18.4 Å². The number of fused-ring (bicyclic) bond motifs is 1. The molecule has 0 fully saturated rings. The van der Waals surface area contributed by atoms with Crippen LogP contribution < -0.4 is 10.1 Å². The van der Waals surface area contributed by atoms with Crippen LogP contribution in [0.15, 0.2) is 77.5 Å². The predicted octanol–water partition coefficient (Wildman–Crippen LogP) is 6.33. The minimum absolute atomic E-state index is 0.145. The van der Waals surface area contributed by atoms with Gasteiger partial charge < -0.3 is 9.30 Å². The van der Waals surface area contributed by atoms with Crippen molar-refractivity contribution >= 4 is 43.9 Å². The number of aromatic nitrogens is 2. The molecule has 3 heterocycles. The van der Waals surface area contributed by atoms with Gasteiger partial charge in [0.1, 0.15) is 11.4 Å². The molecule has 0 radical (unpaired) electrons. The van der Waals surface area contributed by atoms with Crippen LogP contribution in [0.4, 0.5) is 5.13 Å². The number of thiazole rings is 1. The van der Waals surface area contributed by atoms with Crippen molar-refractivity contribution in [3.63, 3.8) is 0 Å². The highest BCUT2D eigenvalue weighted by atomic mass is 32.1. The SMILES string of the molecule is COc1cccc(-c2csc(NC(=O)c3cc4sccc4n3CCc3ccccc3)n2)c1. The van der Waals surface area contributed by atoms with E-state index in [1.165, 1.54) is 16.9 Å². The van der Waals surface area contributed by atoms with Gasteiger partial charge in [-0.1, -0.05) is 42.5 Å². The molecule has 3 aromatic heterocycles. The van der Waals surface area contributed by atoms with Gasteiger partial charge in [0.05, 0.1) is 23.0 Å². The minimum Gasteiger partial charge on any atom is -0.497 e. The molecule has 0 saturated heterocycles. The molecule has 7 heteroatoms. The number of nitrogens with zero attached hydrogens (tertiary/aromatic N) is 2. The van der Waals surface area contributed by atoms with E-state index in [1.807, 2.05) is 53.9 Å². The number of ether oxygens (including phenoxy) is 1. The monoisotopic (exact) mass is 459 g/mol. The third kappa shape index (κ3) is 4.17. The summed E-state index contributed by atoms with van der Waals surface area (Å²) < 4.78 is 8.51. The summed E-state index contributed by atoms with van der Waals surface area (Å²) in [4.78, 5) is 17.8. The van der Waals surface area contributed by atoms with Crippen molar-refractivity contribution < 1.29 is 9.53 Å². The average molecular weight is 460 g/mol. The zero-order valence-electron chi connectivity index (χ0n) is 17.4. The molecule has 160 valence electrons. The van der Waals surface area contributed by atoms with Gasteiger partial charge in [-0.25, -0.2) is 4.98 Å². The maximum atomic E-state index is 13.2. The van der Waals surface area contributed by atoms with E-state index in [0.717, 1.165) is 40.2 Å². The Morgan fingerprint density at radius 2 is 1.94 bits per heavy atom. The molecule has 0 saturated carbocycles. The van der Waals surface area contributed by atoms with Gasteiger partial charge in [-0.15, -0.1) is 22.7 Å². The van der Waals surface area contributed by atoms with Crippen LogP contribution in [0.1, 0.15) is 16.1 Å². The second-order valence-corrected chi connectivity index (χ2v) is 9.12. The second-order valence-electron chi connectivity index (χ2n) is 7.31. The zero-order valence-corrected chi connectivity index (χ0v) is 19.1. The lowest BCUT2D eigenvalue weighted by atomic mass is 10.1. The summed E-state index contributed by atoms with van der Waals surface area (Å²) in [5.74, 6) is 0.630. The number of hydrogen-bond acceptors (Lipinski definition) is 5. The summed E-state index contributed by atoms with van der Waals surface area (Å²) in [6.07, 6.45) is 0.859. The van der Waals surface area contributed by atoms with Crippen LogP contribution in [0.5, 0.6) is 5.75 Å². The Labute approximate surface area is 193 Å². The van der Waals surface area contributed by atoms with E-state index in [9.17, 15) is 4.79 Å². The Kier molecular flexibility index (Phi) is 5.75. The first-order valence-electron chi connectivity index (χ1n) is 10.2. The summed E-state index contributed by atoms with van der Waals surface area (Å²) in [5, 5.41) is 7.57. The number of anilines is 1. The Morgan fingerprint density at radius 1 is 1.06 bits per heavy atom. The topological polar surface area (TPSA) is 56.1 Å². The van der Waals surface area contributed by atoms with Gasteiger partial charge in [0.2, 0.25) is 0 Å². The van der Waals surface area contributed by atoms with Gasteiger partial charge in [-0.3, -0.25) is 10.1 Å². The maximum absolute atomic E-state index is 13.2. The van der Waals surface area contributed by atoms with Crippen LogP contribution in [0.3, 0.4) is 0 Å². The number of thiophene rings is 1. The maximum Gasteiger partial charge on any atom is 0.274 e. The van der Waals surface area contributed by atoms with Gasteiger partial charge in [-0.2, -0.15) is 0 Å². The summed E-state index contributed by atoms with van der Waals surface area (Å²) in [6, 6.07) is 22.1. The van der Waals surface area contributed by atoms with Crippen molar-refractivity contribution in [2.75, 3.05) is 12.4 Å². The number of carbonyl (C=O) groups excluding carboxylic acids is 1. The third-order valence-electron chi connectivity index (χ3n) is 5.31. The first kappa shape index (κ1) is 20.5. The first-order chi connectivity index (χ1) is 15.7. The quantitative estimate of drug-likeness (QED) is 0.309. The zero-order chi connectivity index (χ0) is 21.9. The molecule has 32 heavy (non-hydrogen) atoms. The summed E-state index contributed by atoms with van der Waals surface area (Å²) in [7, 11) is 1.64. The molecule has 0 unspecified atom stereocenters. The smallest absolute Gasteiger partial charge is 0.274 e. The minimum atomic E-state index is -0.145. The van der Waals surface area contributed by atoms with Crippen LogP contribution in [0.2, 0.25) is 0 Å². The number of rotatable bonds is 7. The first-order valence-corrected chi connectivity index (χ1v) is 12.0. The lowest BCUT2D eigenvalue weighted by Crippen LogP contribution is -2.17. The van der Waals surface area contributed by atoms with Crippen molar-refractivity contribution in [1.29, 1.82) is 0 Å². The number of amides is 1. The summed E-state index contributed by atoms with van der Waals surface area (Å²) in [6.45, 7) is 0.736. The number of benzene rings is 2. The van der Waals surface area contributed by atoms with E-state index in [-0.39, 0.29) is 5.91 Å². The van der Waals surface area contributed by atoms with Crippen molar-refractivity contribution in [1.82, 2.24) is 9.55 Å². The predicted molar refractivity (Wildman–Crippen MR) is 132 cm³/mol. The van der Waals surface area contributed by atoms with E-state index in [4.69, 9.17) is 4.74 Å². The Bertz CT molecular complexity index is 1370. The van der Waals surface area contributed by atoms with Gasteiger partial charge in [-0.05, 0) is 41.6 Å². The number of nitrogens with one attached hydrogen (secondary N) is 1. The van der Waals surface area contributed by atoms with Crippen LogP contribution in [-0.4, -0.2) is 22.6 Å². The van der Waals surface area contributed by atoms with Gasteiger partial charge >= 0.3 is 0 Å². The molecule has 5 aromatic rings. The van der Waals surface area contributed by atoms with Gasteiger partial charge in [0.25, 0.3) is 5.91 Å². The normalized spacial score (nSPS) is 11.0. The number of methoxy groups -OCH3 is 1. The van der Waals surface area contributed by atoms with Crippen LogP contribution in [-0.2, 0) is 13.0 Å². The molecule has 1 amide bonds. The second kappa shape index (κ2) is 8.98. The molecule has 1 N–H and O–H groups in total. The summed E-state index contributed by atoms with van der Waals surface area (Å²) >= 11 is 3.06. The van der Waals surface area contributed by atoms with Gasteiger partial charge in [0.15, 0.2) is 5.13 Å². The van der Waals surface area contributed by atoms with Crippen molar-refractivity contribution in [2.45, 2.75) is 13.0 Å². The molecule has 0 bridgehead atoms. The average Bonchev–Trinajstić information content (AvgIpc) is 3.55. The number of hydrogen-bond donors (Lipinski definition) is 1. The molecule has 5 nitrogen and oxygen atoms in total. The standard InChI is InChI=1S/C25H21N3O2S2/c1-30-19-9-5-8-18(14-19)20-16-32-25(26-20)27-24(29)22-15-23-21(11-13-31-23)28(22)12-10-17-6-3-2-4-7-17/h2-9,11,13-16H,10,12H2,1H3,(H,26,27,29). The fourth-order valence-corrected chi connectivity index (χ4v) is 5.24. The van der Waals surface area contributed by atoms with Crippen LogP contribution in [0.25, 0.3) is 21.5 Å². The van der Waals surface area contributed by atoms with Crippen LogP contribution >= 0.6 is 22.7 Å². The van der Waals surface area contributed by atoms with E-state index in [2.05, 4.69) is 38.4 Å². The fourth-order valence-electron chi connectivity index (χ4n) is 3.70. The van der Waals surface area contributed by atoms with Crippen LogP contribution in [0, 0.1) is 0 Å². The lowest BCUT2D eigenvalue weighted by molar-refractivity contribution is 0.101. The molecule has 0 aliphatic heterocycles. The lowest BCUT2D eigenvalue weighted by Gasteiger charge is -2.10. The highest BCUT2D eigenvalue weighted by molar-refractivity contribution is 7.17. The molecule has 5 rings (SSSR count). The Morgan fingerprint density at radius 3 is 2.78 bits per heavy atom. The fraction of sp³-hybridized carbons (Fsp3) is 0.120. The third-order valence-corrected chi connectivity index (χ3v) is 6.92. The molecular formula is C25H21N3O2S2. The van der Waals surface area contributed by atoms with E-state index in [0.29, 0.717) is 10.8 Å².